The molecule has 2 heterocycles. The summed E-state index contributed by atoms with van der Waals surface area (Å²) in [6, 6.07) is 4.64. The van der Waals surface area contributed by atoms with E-state index in [0.29, 0.717) is 12.1 Å². The van der Waals surface area contributed by atoms with Gasteiger partial charge in [-0.1, -0.05) is 6.07 Å². The zero-order valence-corrected chi connectivity index (χ0v) is 11.0. The first kappa shape index (κ1) is 12.4. The quantitative estimate of drug-likeness (QED) is 0.804. The van der Waals surface area contributed by atoms with Crippen molar-refractivity contribution in [1.82, 2.24) is 9.88 Å². The topological polar surface area (TPSA) is 25.4 Å². The number of nitrogens with zero attached hydrogens (tertiary/aromatic N) is 2. The van der Waals surface area contributed by atoms with Gasteiger partial charge in [-0.05, 0) is 39.7 Å². The lowest BCUT2D eigenvalue weighted by molar-refractivity contribution is 0.0807. The van der Waals surface area contributed by atoms with Crippen LogP contribution < -0.4 is 4.74 Å². The van der Waals surface area contributed by atoms with Crippen molar-refractivity contribution in [3.05, 3.63) is 23.9 Å². The average Bonchev–Trinajstić information content (AvgIpc) is 2.33. The third-order valence-corrected chi connectivity index (χ3v) is 3.45. The molecule has 94 valence electrons. The summed E-state index contributed by atoms with van der Waals surface area (Å²) in [5, 5.41) is 0. The predicted octanol–water partition coefficient (Wildman–Crippen LogP) is 2.64. The number of likely N-dealkylation sites (tertiary alicyclic amines) is 1. The lowest BCUT2D eigenvalue weighted by atomic mass is 10.1. The standard InChI is InChI=1S/C14H22N2O/c1-11(2)16-9-6-13(7-10-16)17-14-12(3)5-4-8-15-14/h4-5,8,11,13H,6-7,9-10H2,1-3H3. The van der Waals surface area contributed by atoms with Gasteiger partial charge in [-0.25, -0.2) is 4.98 Å². The molecule has 3 nitrogen and oxygen atoms in total. The molecule has 17 heavy (non-hydrogen) atoms. The van der Waals surface area contributed by atoms with Crippen LogP contribution in [0.2, 0.25) is 0 Å². The van der Waals surface area contributed by atoms with Gasteiger partial charge < -0.3 is 9.64 Å². The molecule has 0 aromatic carbocycles. The van der Waals surface area contributed by atoms with Crippen LogP contribution in [-0.4, -0.2) is 35.1 Å². The van der Waals surface area contributed by atoms with E-state index in [1.807, 2.05) is 19.1 Å². The van der Waals surface area contributed by atoms with Gasteiger partial charge >= 0.3 is 0 Å². The van der Waals surface area contributed by atoms with Crippen LogP contribution in [0, 0.1) is 6.92 Å². The molecule has 1 aliphatic heterocycles. The number of hydrogen-bond donors (Lipinski definition) is 0. The molecule has 0 unspecified atom stereocenters. The fraction of sp³-hybridized carbons (Fsp3) is 0.643. The lowest BCUT2D eigenvalue weighted by Gasteiger charge is -2.34. The van der Waals surface area contributed by atoms with Crippen LogP contribution in [0.5, 0.6) is 5.88 Å². The molecule has 0 amide bonds. The van der Waals surface area contributed by atoms with E-state index in [0.717, 1.165) is 37.4 Å². The van der Waals surface area contributed by atoms with Crippen LogP contribution in [0.25, 0.3) is 0 Å². The molecule has 2 rings (SSSR count). The summed E-state index contributed by atoms with van der Waals surface area (Å²) in [5.41, 5.74) is 1.12. The van der Waals surface area contributed by atoms with E-state index in [2.05, 4.69) is 23.7 Å². The van der Waals surface area contributed by atoms with Crippen LogP contribution in [0.4, 0.5) is 0 Å². The van der Waals surface area contributed by atoms with Crippen molar-refractivity contribution in [2.24, 2.45) is 0 Å². The molecule has 1 aliphatic rings. The zero-order chi connectivity index (χ0) is 12.3. The Labute approximate surface area is 104 Å². The molecule has 1 aromatic heterocycles. The summed E-state index contributed by atoms with van der Waals surface area (Å²) in [7, 11) is 0. The summed E-state index contributed by atoms with van der Waals surface area (Å²) in [4.78, 5) is 6.80. The molecular weight excluding hydrogens is 212 g/mol. The van der Waals surface area contributed by atoms with Crippen molar-refractivity contribution in [2.75, 3.05) is 13.1 Å². The highest BCUT2D eigenvalue weighted by atomic mass is 16.5. The second-order valence-corrected chi connectivity index (χ2v) is 5.07. The molecule has 1 aromatic rings. The van der Waals surface area contributed by atoms with E-state index < -0.39 is 0 Å². The first-order chi connectivity index (χ1) is 8.16. The highest BCUT2D eigenvalue weighted by Gasteiger charge is 2.22. The Morgan fingerprint density at radius 2 is 2.06 bits per heavy atom. The number of ether oxygens (including phenoxy) is 1. The maximum Gasteiger partial charge on any atom is 0.216 e. The molecule has 0 atom stereocenters. The van der Waals surface area contributed by atoms with Crippen molar-refractivity contribution in [3.63, 3.8) is 0 Å². The Hall–Kier alpha value is -1.09. The van der Waals surface area contributed by atoms with Crippen LogP contribution in [-0.2, 0) is 0 Å². The Balaban J connectivity index is 1.88. The summed E-state index contributed by atoms with van der Waals surface area (Å²) >= 11 is 0. The number of aryl methyl sites for hydroxylation is 1. The van der Waals surface area contributed by atoms with Crippen molar-refractivity contribution in [1.29, 1.82) is 0 Å². The fourth-order valence-electron chi connectivity index (χ4n) is 2.26. The minimum atomic E-state index is 0.332. The molecule has 0 N–H and O–H groups in total. The number of hydrogen-bond acceptors (Lipinski definition) is 3. The van der Waals surface area contributed by atoms with Gasteiger partial charge in [0.1, 0.15) is 6.10 Å². The van der Waals surface area contributed by atoms with Crippen LogP contribution in [0.3, 0.4) is 0 Å². The molecule has 3 heteroatoms. The number of rotatable bonds is 3. The minimum Gasteiger partial charge on any atom is -0.474 e. The van der Waals surface area contributed by atoms with Crippen LogP contribution >= 0.6 is 0 Å². The minimum absolute atomic E-state index is 0.332. The highest BCUT2D eigenvalue weighted by Crippen LogP contribution is 2.20. The van der Waals surface area contributed by atoms with E-state index in [1.54, 1.807) is 6.20 Å². The normalized spacial score (nSPS) is 18.6. The molecule has 0 aliphatic carbocycles. The van der Waals surface area contributed by atoms with Crippen molar-refractivity contribution in [2.45, 2.75) is 45.8 Å². The van der Waals surface area contributed by atoms with Gasteiger partial charge in [0.05, 0.1) is 0 Å². The smallest absolute Gasteiger partial charge is 0.216 e. The van der Waals surface area contributed by atoms with Gasteiger partial charge in [0.15, 0.2) is 0 Å². The van der Waals surface area contributed by atoms with Gasteiger partial charge in [0.2, 0.25) is 5.88 Å². The fourth-order valence-corrected chi connectivity index (χ4v) is 2.26. The summed E-state index contributed by atoms with van der Waals surface area (Å²) in [6.45, 7) is 8.82. The molecule has 1 saturated heterocycles. The maximum absolute atomic E-state index is 5.98. The molecular formula is C14H22N2O. The Morgan fingerprint density at radius 3 is 2.65 bits per heavy atom. The van der Waals surface area contributed by atoms with Gasteiger partial charge in [-0.3, -0.25) is 0 Å². The van der Waals surface area contributed by atoms with E-state index >= 15 is 0 Å². The largest absolute Gasteiger partial charge is 0.474 e. The highest BCUT2D eigenvalue weighted by molar-refractivity contribution is 5.23. The number of piperidine rings is 1. The van der Waals surface area contributed by atoms with Crippen LogP contribution in [0.15, 0.2) is 18.3 Å². The van der Waals surface area contributed by atoms with Gasteiger partial charge in [-0.15, -0.1) is 0 Å². The average molecular weight is 234 g/mol. The SMILES string of the molecule is Cc1cccnc1OC1CCN(C(C)C)CC1. The first-order valence-corrected chi connectivity index (χ1v) is 6.49. The third kappa shape index (κ3) is 3.19. The zero-order valence-electron chi connectivity index (χ0n) is 11.0. The number of aromatic nitrogens is 1. The van der Waals surface area contributed by atoms with E-state index in [4.69, 9.17) is 4.74 Å². The van der Waals surface area contributed by atoms with Gasteiger partial charge in [-0.2, -0.15) is 0 Å². The Bertz CT molecular complexity index is 357. The molecule has 0 radical (unpaired) electrons. The van der Waals surface area contributed by atoms with Crippen molar-refractivity contribution < 1.29 is 4.74 Å². The van der Waals surface area contributed by atoms with E-state index in [9.17, 15) is 0 Å². The molecule has 0 saturated carbocycles. The molecule has 0 bridgehead atoms. The van der Waals surface area contributed by atoms with Gasteiger partial charge in [0, 0.05) is 30.9 Å². The van der Waals surface area contributed by atoms with Crippen LogP contribution in [0.1, 0.15) is 32.3 Å². The van der Waals surface area contributed by atoms with E-state index in [1.165, 1.54) is 0 Å². The van der Waals surface area contributed by atoms with E-state index in [-0.39, 0.29) is 0 Å². The molecule has 1 fully saturated rings. The van der Waals surface area contributed by atoms with Crippen molar-refractivity contribution in [3.8, 4) is 5.88 Å². The maximum atomic E-state index is 5.98. The third-order valence-electron chi connectivity index (χ3n) is 3.45. The Kier molecular flexibility index (Phi) is 4.00. The Morgan fingerprint density at radius 1 is 1.35 bits per heavy atom. The summed E-state index contributed by atoms with van der Waals surface area (Å²) in [6.07, 6.45) is 4.34. The van der Waals surface area contributed by atoms with Gasteiger partial charge in [0.25, 0.3) is 0 Å². The molecule has 0 spiro atoms. The summed E-state index contributed by atoms with van der Waals surface area (Å²) < 4.78 is 5.98. The monoisotopic (exact) mass is 234 g/mol. The second kappa shape index (κ2) is 5.50. The van der Waals surface area contributed by atoms with Crippen molar-refractivity contribution >= 4 is 0 Å². The first-order valence-electron chi connectivity index (χ1n) is 6.49. The predicted molar refractivity (Wildman–Crippen MR) is 69.3 cm³/mol. The second-order valence-electron chi connectivity index (χ2n) is 5.07. The number of pyridine rings is 1. The summed E-state index contributed by atoms with van der Waals surface area (Å²) in [5.74, 6) is 0.801. The lowest BCUT2D eigenvalue weighted by Crippen LogP contribution is -2.41.